The Labute approximate surface area is 189 Å². The molecule has 4 aromatic rings. The zero-order valence-corrected chi connectivity index (χ0v) is 17.7. The molecule has 8 heteroatoms. The third-order valence-electron chi connectivity index (χ3n) is 4.69. The summed E-state index contributed by atoms with van der Waals surface area (Å²) in [5, 5.41) is 2.61. The first-order valence-electron chi connectivity index (χ1n) is 10.2. The van der Waals surface area contributed by atoms with Crippen LogP contribution in [0.4, 0.5) is 5.69 Å². The molecule has 1 heterocycles. The van der Waals surface area contributed by atoms with E-state index in [2.05, 4.69) is 10.3 Å². The minimum absolute atomic E-state index is 0.232. The van der Waals surface area contributed by atoms with Gasteiger partial charge in [0.1, 0.15) is 5.52 Å². The molecule has 0 aliphatic heterocycles. The van der Waals surface area contributed by atoms with E-state index in [0.29, 0.717) is 27.9 Å². The van der Waals surface area contributed by atoms with Crippen LogP contribution < -0.4 is 5.32 Å². The van der Waals surface area contributed by atoms with Crippen molar-refractivity contribution in [3.05, 3.63) is 83.9 Å². The first kappa shape index (κ1) is 21.8. The number of rotatable bonds is 7. The zero-order chi connectivity index (χ0) is 23.2. The van der Waals surface area contributed by atoms with Gasteiger partial charge in [-0.3, -0.25) is 4.79 Å². The zero-order valence-electron chi connectivity index (χ0n) is 17.7. The van der Waals surface area contributed by atoms with Gasteiger partial charge >= 0.3 is 11.9 Å². The van der Waals surface area contributed by atoms with E-state index in [4.69, 9.17) is 13.9 Å². The molecule has 8 nitrogen and oxygen atoms in total. The van der Waals surface area contributed by atoms with Crippen LogP contribution >= 0.6 is 0 Å². The summed E-state index contributed by atoms with van der Waals surface area (Å²) in [5.74, 6) is -1.36. The monoisotopic (exact) mass is 444 g/mol. The normalized spacial score (nSPS) is 10.6. The number of hydrogen-bond donors (Lipinski definition) is 1. The number of nitrogens with one attached hydrogen (secondary N) is 1. The van der Waals surface area contributed by atoms with Crippen molar-refractivity contribution >= 4 is 34.6 Å². The SMILES string of the molecule is CCOC(=O)c1ccc(NC(=O)COC(=O)c2ccccc2-c2nc3ccccc3o2)cc1. The molecule has 4 rings (SSSR count). The smallest absolute Gasteiger partial charge is 0.339 e. The van der Waals surface area contributed by atoms with E-state index >= 15 is 0 Å². The number of aromatic nitrogens is 1. The summed E-state index contributed by atoms with van der Waals surface area (Å²) >= 11 is 0. The summed E-state index contributed by atoms with van der Waals surface area (Å²) in [4.78, 5) is 41.0. The number of anilines is 1. The van der Waals surface area contributed by atoms with Crippen LogP contribution in [0.5, 0.6) is 0 Å². The Morgan fingerprint density at radius 1 is 0.879 bits per heavy atom. The van der Waals surface area contributed by atoms with Crippen LogP contribution in [0, 0.1) is 0 Å². The summed E-state index contributed by atoms with van der Waals surface area (Å²) < 4.78 is 15.9. The van der Waals surface area contributed by atoms with Gasteiger partial charge in [0, 0.05) is 5.69 Å². The molecular weight excluding hydrogens is 424 g/mol. The number of oxazole rings is 1. The lowest BCUT2D eigenvalue weighted by atomic mass is 10.1. The quantitative estimate of drug-likeness (QED) is 0.419. The largest absolute Gasteiger partial charge is 0.462 e. The molecule has 0 aliphatic carbocycles. The average Bonchev–Trinajstić information content (AvgIpc) is 3.27. The van der Waals surface area contributed by atoms with E-state index in [0.717, 1.165) is 0 Å². The minimum Gasteiger partial charge on any atom is -0.462 e. The molecule has 1 amide bonds. The summed E-state index contributed by atoms with van der Waals surface area (Å²) in [6, 6.07) is 20.2. The highest BCUT2D eigenvalue weighted by Crippen LogP contribution is 2.27. The first-order valence-corrected chi connectivity index (χ1v) is 10.2. The molecule has 0 spiro atoms. The van der Waals surface area contributed by atoms with E-state index in [9.17, 15) is 14.4 Å². The van der Waals surface area contributed by atoms with Gasteiger partial charge in [0.15, 0.2) is 12.2 Å². The van der Waals surface area contributed by atoms with E-state index < -0.39 is 24.5 Å². The standard InChI is InChI=1S/C25H20N2O6/c1-2-31-24(29)16-11-13-17(14-12-16)26-22(28)15-32-25(30)19-8-4-3-7-18(19)23-27-20-9-5-6-10-21(20)33-23/h3-14H,2,15H2,1H3,(H,26,28). The molecule has 0 bridgehead atoms. The Bertz CT molecular complexity index is 1280. The molecule has 0 fully saturated rings. The molecule has 0 atom stereocenters. The average molecular weight is 444 g/mol. The molecule has 1 N–H and O–H groups in total. The van der Waals surface area contributed by atoms with Crippen LogP contribution in [0.1, 0.15) is 27.6 Å². The van der Waals surface area contributed by atoms with Crippen molar-refractivity contribution in [2.45, 2.75) is 6.92 Å². The number of fused-ring (bicyclic) bond motifs is 1. The highest BCUT2D eigenvalue weighted by Gasteiger charge is 2.19. The molecule has 33 heavy (non-hydrogen) atoms. The third-order valence-corrected chi connectivity index (χ3v) is 4.69. The summed E-state index contributed by atoms with van der Waals surface area (Å²) in [6.45, 7) is 1.51. The number of hydrogen-bond acceptors (Lipinski definition) is 7. The maximum absolute atomic E-state index is 12.7. The molecule has 0 radical (unpaired) electrons. The maximum atomic E-state index is 12.7. The highest BCUT2D eigenvalue weighted by atomic mass is 16.5. The molecular formula is C25H20N2O6. The Morgan fingerprint density at radius 3 is 2.36 bits per heavy atom. The third kappa shape index (κ3) is 5.07. The van der Waals surface area contributed by atoms with Crippen LogP contribution in [0.2, 0.25) is 0 Å². The lowest BCUT2D eigenvalue weighted by Crippen LogP contribution is -2.21. The van der Waals surface area contributed by atoms with E-state index in [1.807, 2.05) is 18.2 Å². The van der Waals surface area contributed by atoms with Gasteiger partial charge < -0.3 is 19.2 Å². The number of ether oxygens (including phenoxy) is 2. The second kappa shape index (κ2) is 9.78. The summed E-state index contributed by atoms with van der Waals surface area (Å²) in [6.07, 6.45) is 0. The number of amides is 1. The Balaban J connectivity index is 1.40. The van der Waals surface area contributed by atoms with Crippen molar-refractivity contribution in [1.29, 1.82) is 0 Å². The van der Waals surface area contributed by atoms with Gasteiger partial charge in [-0.05, 0) is 55.5 Å². The van der Waals surface area contributed by atoms with Gasteiger partial charge in [-0.2, -0.15) is 0 Å². The van der Waals surface area contributed by atoms with Crippen LogP contribution in [-0.4, -0.2) is 36.0 Å². The molecule has 3 aromatic carbocycles. The Kier molecular flexibility index (Phi) is 6.45. The van der Waals surface area contributed by atoms with Crippen molar-refractivity contribution in [1.82, 2.24) is 4.98 Å². The van der Waals surface area contributed by atoms with Gasteiger partial charge in [0.05, 0.1) is 23.3 Å². The fraction of sp³-hybridized carbons (Fsp3) is 0.120. The van der Waals surface area contributed by atoms with Crippen molar-refractivity contribution in [3.8, 4) is 11.5 Å². The lowest BCUT2D eigenvalue weighted by molar-refractivity contribution is -0.119. The van der Waals surface area contributed by atoms with Crippen molar-refractivity contribution in [3.63, 3.8) is 0 Å². The molecule has 0 saturated carbocycles. The maximum Gasteiger partial charge on any atom is 0.339 e. The van der Waals surface area contributed by atoms with Gasteiger partial charge in [-0.15, -0.1) is 0 Å². The predicted molar refractivity (Wildman–Crippen MR) is 121 cm³/mol. The van der Waals surface area contributed by atoms with Crippen molar-refractivity contribution in [2.24, 2.45) is 0 Å². The predicted octanol–water partition coefficient (Wildman–Crippen LogP) is 4.47. The van der Waals surface area contributed by atoms with E-state index in [1.54, 1.807) is 49.4 Å². The highest BCUT2D eigenvalue weighted by molar-refractivity contribution is 5.99. The van der Waals surface area contributed by atoms with Crippen LogP contribution in [0.25, 0.3) is 22.6 Å². The number of nitrogens with zero attached hydrogens (tertiary/aromatic N) is 1. The topological polar surface area (TPSA) is 108 Å². The second-order valence-corrected chi connectivity index (χ2v) is 6.95. The van der Waals surface area contributed by atoms with Crippen molar-refractivity contribution < 1.29 is 28.3 Å². The van der Waals surface area contributed by atoms with E-state index in [-0.39, 0.29) is 18.1 Å². The van der Waals surface area contributed by atoms with Crippen LogP contribution in [-0.2, 0) is 14.3 Å². The lowest BCUT2D eigenvalue weighted by Gasteiger charge is -2.09. The molecule has 0 aliphatic rings. The van der Waals surface area contributed by atoms with Gasteiger partial charge in [0.25, 0.3) is 5.91 Å². The fourth-order valence-electron chi connectivity index (χ4n) is 3.15. The number of benzene rings is 3. The number of para-hydroxylation sites is 2. The number of carbonyl (C=O) groups excluding carboxylic acids is 3. The minimum atomic E-state index is -0.680. The fourth-order valence-corrected chi connectivity index (χ4v) is 3.15. The van der Waals surface area contributed by atoms with Crippen LogP contribution in [0.3, 0.4) is 0 Å². The Morgan fingerprint density at radius 2 is 1.61 bits per heavy atom. The van der Waals surface area contributed by atoms with Crippen LogP contribution in [0.15, 0.2) is 77.2 Å². The summed E-state index contributed by atoms with van der Waals surface area (Å²) in [5.41, 5.74) is 2.80. The first-order chi connectivity index (χ1) is 16.0. The molecule has 166 valence electrons. The number of esters is 2. The molecule has 1 aromatic heterocycles. The number of carbonyl (C=O) groups is 3. The van der Waals surface area contributed by atoms with Gasteiger partial charge in [-0.25, -0.2) is 14.6 Å². The molecule has 0 saturated heterocycles. The van der Waals surface area contributed by atoms with Crippen molar-refractivity contribution in [2.75, 3.05) is 18.5 Å². The van der Waals surface area contributed by atoms with E-state index in [1.165, 1.54) is 12.1 Å². The second-order valence-electron chi connectivity index (χ2n) is 6.95. The van der Waals surface area contributed by atoms with Gasteiger partial charge in [0.2, 0.25) is 5.89 Å². The Hall–Kier alpha value is -4.46. The summed E-state index contributed by atoms with van der Waals surface area (Å²) in [7, 11) is 0. The molecule has 0 unspecified atom stereocenters. The van der Waals surface area contributed by atoms with Gasteiger partial charge in [-0.1, -0.05) is 24.3 Å².